The van der Waals surface area contributed by atoms with E-state index in [2.05, 4.69) is 37.6 Å². The summed E-state index contributed by atoms with van der Waals surface area (Å²) in [6, 6.07) is 5.86. The number of carbonyl (C=O) groups is 2. The van der Waals surface area contributed by atoms with E-state index in [0.717, 1.165) is 24.1 Å². The van der Waals surface area contributed by atoms with Crippen molar-refractivity contribution in [1.82, 2.24) is 4.98 Å². The topological polar surface area (TPSA) is 56.3 Å². The first-order valence-electron chi connectivity index (χ1n) is 12.7. The average Bonchev–Trinajstić information content (AvgIpc) is 2.79. The molecule has 0 saturated carbocycles. The summed E-state index contributed by atoms with van der Waals surface area (Å²) in [5, 5.41) is 0. The Kier molecular flexibility index (Phi) is 11.1. The molecule has 4 heteroatoms. The molecule has 0 bridgehead atoms. The molecule has 1 aliphatic heterocycles. The molecule has 3 atom stereocenters. The van der Waals surface area contributed by atoms with Gasteiger partial charge in [-0.05, 0) is 77.0 Å². The Balaban J connectivity index is 2.27. The minimum Gasteiger partial charge on any atom is -0.378 e. The predicted octanol–water partition coefficient (Wildman–Crippen LogP) is 7.16. The number of hydrogen-bond acceptors (Lipinski definition) is 4. The number of allylic oxidation sites excluding steroid dienone is 3. The van der Waals surface area contributed by atoms with Crippen LogP contribution in [0.3, 0.4) is 0 Å². The van der Waals surface area contributed by atoms with Crippen molar-refractivity contribution in [3.8, 4) is 0 Å². The molecule has 2 rings (SSSR count). The van der Waals surface area contributed by atoms with E-state index in [9.17, 15) is 9.59 Å². The van der Waals surface area contributed by atoms with Crippen LogP contribution in [0.25, 0.3) is 6.08 Å². The Bertz CT molecular complexity index is 882. The summed E-state index contributed by atoms with van der Waals surface area (Å²) in [4.78, 5) is 30.9. The molecular formula is C30H43NO3. The highest BCUT2D eigenvalue weighted by Gasteiger charge is 2.34. The van der Waals surface area contributed by atoms with Crippen molar-refractivity contribution in [1.29, 1.82) is 0 Å². The Morgan fingerprint density at radius 2 is 2.03 bits per heavy atom. The van der Waals surface area contributed by atoms with Crippen molar-refractivity contribution in [2.45, 2.75) is 85.7 Å². The molecule has 0 radical (unpaired) electrons. The smallest absolute Gasteiger partial charge is 0.141 e. The standard InChI is InChI=1S/C30H43NO3/c1-7-10-26-20-24(4)34-18-15-22(2)12-13-25(23(3)19-27-11-8-9-17-31-27)21-28(32)14-16-30(5,6)29(26)33/h7-9,11-12,17,19,24-26H,1,10,13-16,18,20-21H2,2-6H3. The van der Waals surface area contributed by atoms with Crippen LogP contribution >= 0.6 is 0 Å². The molecule has 34 heavy (non-hydrogen) atoms. The normalized spacial score (nSPS) is 26.1. The van der Waals surface area contributed by atoms with Gasteiger partial charge in [0.2, 0.25) is 0 Å². The molecule has 0 saturated heterocycles. The zero-order chi connectivity index (χ0) is 25.1. The maximum Gasteiger partial charge on any atom is 0.141 e. The van der Waals surface area contributed by atoms with Gasteiger partial charge in [0.25, 0.3) is 0 Å². The minimum absolute atomic E-state index is 0.00309. The number of Topliss-reactive ketones (excluding diaryl/α,β-unsaturated/α-hetero) is 2. The molecule has 0 N–H and O–H groups in total. The molecular weight excluding hydrogens is 422 g/mol. The summed E-state index contributed by atoms with van der Waals surface area (Å²) in [5.74, 6) is 0.416. The minimum atomic E-state index is -0.551. The largest absolute Gasteiger partial charge is 0.378 e. The molecule has 0 amide bonds. The summed E-state index contributed by atoms with van der Waals surface area (Å²) in [7, 11) is 0. The molecule has 1 aromatic heterocycles. The monoisotopic (exact) mass is 465 g/mol. The summed E-state index contributed by atoms with van der Waals surface area (Å²) < 4.78 is 6.08. The van der Waals surface area contributed by atoms with Crippen LogP contribution in [0.5, 0.6) is 0 Å². The van der Waals surface area contributed by atoms with Crippen molar-refractivity contribution in [2.24, 2.45) is 17.3 Å². The lowest BCUT2D eigenvalue weighted by molar-refractivity contribution is -0.133. The molecule has 0 fully saturated rings. The molecule has 1 aromatic rings. The van der Waals surface area contributed by atoms with Gasteiger partial charge in [0, 0.05) is 30.4 Å². The lowest BCUT2D eigenvalue weighted by atomic mass is 9.74. The van der Waals surface area contributed by atoms with Gasteiger partial charge in [0.15, 0.2) is 0 Å². The van der Waals surface area contributed by atoms with E-state index >= 15 is 0 Å². The Hall–Kier alpha value is -2.33. The molecule has 0 spiro atoms. The second-order valence-corrected chi connectivity index (χ2v) is 10.5. The van der Waals surface area contributed by atoms with Crippen molar-refractivity contribution in [2.75, 3.05) is 6.61 Å². The summed E-state index contributed by atoms with van der Waals surface area (Å²) in [6.07, 6.45) is 12.4. The van der Waals surface area contributed by atoms with Crippen LogP contribution in [-0.4, -0.2) is 29.3 Å². The van der Waals surface area contributed by atoms with E-state index in [0.29, 0.717) is 38.7 Å². The lowest BCUT2D eigenvalue weighted by Crippen LogP contribution is -2.33. The van der Waals surface area contributed by atoms with Gasteiger partial charge >= 0.3 is 0 Å². The van der Waals surface area contributed by atoms with E-state index in [1.165, 1.54) is 5.57 Å². The van der Waals surface area contributed by atoms with Gasteiger partial charge in [0.1, 0.15) is 11.6 Å². The van der Waals surface area contributed by atoms with Crippen LogP contribution in [0.2, 0.25) is 0 Å². The quantitative estimate of drug-likeness (QED) is 0.443. The molecule has 1 aliphatic rings. The highest BCUT2D eigenvalue weighted by molar-refractivity contribution is 5.87. The van der Waals surface area contributed by atoms with Crippen LogP contribution in [0.15, 0.2) is 54.3 Å². The SMILES string of the molecule is C=CCC1CC(C)OCCC(C)=CCC(C(C)=Cc2ccccn2)CC(=O)CCC(C)(C)C1=O. The van der Waals surface area contributed by atoms with Crippen LogP contribution in [0.4, 0.5) is 0 Å². The van der Waals surface area contributed by atoms with E-state index in [1.807, 2.05) is 45.0 Å². The third-order valence-corrected chi connectivity index (χ3v) is 6.97. The van der Waals surface area contributed by atoms with Gasteiger partial charge in [-0.15, -0.1) is 6.58 Å². The fourth-order valence-electron chi connectivity index (χ4n) is 4.59. The molecule has 186 valence electrons. The second-order valence-electron chi connectivity index (χ2n) is 10.5. The fourth-order valence-corrected chi connectivity index (χ4v) is 4.59. The number of aromatic nitrogens is 1. The van der Waals surface area contributed by atoms with Gasteiger partial charge in [0.05, 0.1) is 18.4 Å². The average molecular weight is 466 g/mol. The number of carbonyl (C=O) groups excluding carboxylic acids is 2. The van der Waals surface area contributed by atoms with E-state index < -0.39 is 5.41 Å². The molecule has 0 aromatic carbocycles. The molecule has 0 aliphatic carbocycles. The Labute approximate surface area is 206 Å². The first kappa shape index (κ1) is 27.9. The van der Waals surface area contributed by atoms with Gasteiger partial charge in [-0.1, -0.05) is 43.2 Å². The van der Waals surface area contributed by atoms with Crippen LogP contribution in [-0.2, 0) is 14.3 Å². The third kappa shape index (κ3) is 9.13. The number of rotatable bonds is 4. The van der Waals surface area contributed by atoms with Gasteiger partial charge < -0.3 is 4.74 Å². The highest BCUT2D eigenvalue weighted by Crippen LogP contribution is 2.33. The number of hydrogen-bond donors (Lipinski definition) is 0. The van der Waals surface area contributed by atoms with E-state index in [4.69, 9.17) is 4.74 Å². The van der Waals surface area contributed by atoms with Crippen molar-refractivity contribution in [3.05, 3.63) is 60.0 Å². The zero-order valence-electron chi connectivity index (χ0n) is 21.8. The van der Waals surface area contributed by atoms with Crippen LogP contribution in [0.1, 0.15) is 85.3 Å². The van der Waals surface area contributed by atoms with Gasteiger partial charge in [-0.25, -0.2) is 0 Å². The summed E-state index contributed by atoms with van der Waals surface area (Å²) >= 11 is 0. The van der Waals surface area contributed by atoms with Gasteiger partial charge in [-0.2, -0.15) is 0 Å². The van der Waals surface area contributed by atoms with Crippen molar-refractivity contribution in [3.63, 3.8) is 0 Å². The van der Waals surface area contributed by atoms with Crippen molar-refractivity contribution >= 4 is 17.6 Å². The number of ketones is 2. The number of ether oxygens (including phenoxy) is 1. The Morgan fingerprint density at radius 1 is 1.26 bits per heavy atom. The second kappa shape index (κ2) is 13.5. The molecule has 4 nitrogen and oxygen atoms in total. The molecule has 3 unspecified atom stereocenters. The third-order valence-electron chi connectivity index (χ3n) is 6.97. The van der Waals surface area contributed by atoms with Crippen LogP contribution < -0.4 is 0 Å². The summed E-state index contributed by atoms with van der Waals surface area (Å²) in [5.41, 5.74) is 2.78. The van der Waals surface area contributed by atoms with E-state index in [1.54, 1.807) is 6.20 Å². The zero-order valence-corrected chi connectivity index (χ0v) is 21.8. The van der Waals surface area contributed by atoms with Crippen LogP contribution in [0, 0.1) is 17.3 Å². The number of pyridine rings is 1. The number of nitrogens with zero attached hydrogens (tertiary/aromatic N) is 1. The molecule has 2 heterocycles. The van der Waals surface area contributed by atoms with Crippen molar-refractivity contribution < 1.29 is 14.3 Å². The Morgan fingerprint density at radius 3 is 2.71 bits per heavy atom. The van der Waals surface area contributed by atoms with E-state index in [-0.39, 0.29) is 29.5 Å². The summed E-state index contributed by atoms with van der Waals surface area (Å²) in [6.45, 7) is 14.7. The fraction of sp³-hybridized carbons (Fsp3) is 0.567. The first-order chi connectivity index (χ1) is 16.1. The van der Waals surface area contributed by atoms with Gasteiger partial charge in [-0.3, -0.25) is 14.6 Å². The first-order valence-corrected chi connectivity index (χ1v) is 12.7. The predicted molar refractivity (Wildman–Crippen MR) is 140 cm³/mol. The maximum absolute atomic E-state index is 13.4. The lowest BCUT2D eigenvalue weighted by Gasteiger charge is -2.29. The highest BCUT2D eigenvalue weighted by atomic mass is 16.5. The maximum atomic E-state index is 13.4.